The van der Waals surface area contributed by atoms with E-state index in [2.05, 4.69) is 11.9 Å². The molecule has 0 spiro atoms. The Bertz CT molecular complexity index is 585. The van der Waals surface area contributed by atoms with Crippen molar-refractivity contribution in [3.8, 4) is 5.75 Å². The highest BCUT2D eigenvalue weighted by molar-refractivity contribution is 5.97. The summed E-state index contributed by atoms with van der Waals surface area (Å²) in [5, 5.41) is 2.66. The Labute approximate surface area is 163 Å². The molecule has 0 heterocycles. The van der Waals surface area contributed by atoms with Crippen molar-refractivity contribution in [1.29, 1.82) is 0 Å². The molecule has 0 saturated carbocycles. The van der Waals surface area contributed by atoms with E-state index in [4.69, 9.17) is 9.47 Å². The maximum Gasteiger partial charge on any atom is 0.328 e. The van der Waals surface area contributed by atoms with Gasteiger partial charge in [-0.25, -0.2) is 4.79 Å². The second-order valence-corrected chi connectivity index (χ2v) is 6.65. The summed E-state index contributed by atoms with van der Waals surface area (Å²) in [6, 6.07) is 6.11. The van der Waals surface area contributed by atoms with E-state index in [1.54, 1.807) is 38.3 Å². The molecule has 27 heavy (non-hydrogen) atoms. The van der Waals surface area contributed by atoms with Gasteiger partial charge >= 0.3 is 5.97 Å². The van der Waals surface area contributed by atoms with E-state index >= 15 is 0 Å². The number of ether oxygens (including phenoxy) is 2. The Hall–Kier alpha value is -2.30. The van der Waals surface area contributed by atoms with Crippen molar-refractivity contribution in [1.82, 2.24) is 5.32 Å². The Morgan fingerprint density at radius 3 is 2.44 bits per heavy atom. The Morgan fingerprint density at radius 2 is 1.78 bits per heavy atom. The van der Waals surface area contributed by atoms with Crippen LogP contribution in [0.4, 0.5) is 0 Å². The Morgan fingerprint density at radius 1 is 1.11 bits per heavy atom. The fourth-order valence-corrected chi connectivity index (χ4v) is 2.68. The summed E-state index contributed by atoms with van der Waals surface area (Å²) in [7, 11) is 1.54. The summed E-state index contributed by atoms with van der Waals surface area (Å²) in [4.78, 5) is 24.2. The monoisotopic (exact) mass is 375 g/mol. The van der Waals surface area contributed by atoms with Crippen molar-refractivity contribution < 1.29 is 19.1 Å². The molecule has 1 N–H and O–H groups in total. The number of carbonyl (C=O) groups excluding carboxylic acids is 2. The highest BCUT2D eigenvalue weighted by Crippen LogP contribution is 2.12. The lowest BCUT2D eigenvalue weighted by Gasteiger charge is -2.14. The number of methoxy groups -OCH3 is 1. The fourth-order valence-electron chi connectivity index (χ4n) is 2.68. The van der Waals surface area contributed by atoms with E-state index < -0.39 is 12.0 Å². The van der Waals surface area contributed by atoms with Crippen molar-refractivity contribution in [2.24, 2.45) is 0 Å². The summed E-state index contributed by atoms with van der Waals surface area (Å²) in [5.74, 6) is -0.135. The third kappa shape index (κ3) is 9.83. The molecule has 0 radical (unpaired) electrons. The number of benzene rings is 1. The number of amides is 1. The van der Waals surface area contributed by atoms with Crippen molar-refractivity contribution in [2.45, 2.75) is 64.3 Å². The molecule has 0 aliphatic carbocycles. The predicted octanol–water partition coefficient (Wildman–Crippen LogP) is 4.66. The van der Waals surface area contributed by atoms with Gasteiger partial charge in [-0.2, -0.15) is 0 Å². The van der Waals surface area contributed by atoms with Gasteiger partial charge < -0.3 is 14.8 Å². The second kappa shape index (κ2) is 13.8. The summed E-state index contributed by atoms with van der Waals surface area (Å²) < 4.78 is 10.4. The molecule has 150 valence electrons. The number of nitrogens with one attached hydrogen (secondary N) is 1. The van der Waals surface area contributed by atoms with Crippen LogP contribution in [0.3, 0.4) is 0 Å². The molecule has 0 aromatic heterocycles. The predicted molar refractivity (Wildman–Crippen MR) is 108 cm³/mol. The molecule has 5 nitrogen and oxygen atoms in total. The number of esters is 1. The van der Waals surface area contributed by atoms with Gasteiger partial charge in [0.15, 0.2) is 0 Å². The number of hydrogen-bond acceptors (Lipinski definition) is 4. The van der Waals surface area contributed by atoms with Crippen LogP contribution >= 0.6 is 0 Å². The van der Waals surface area contributed by atoms with Gasteiger partial charge in [-0.15, -0.1) is 6.58 Å². The van der Waals surface area contributed by atoms with E-state index in [1.165, 1.54) is 25.7 Å². The molecular formula is C22H33NO4. The molecule has 0 bridgehead atoms. The van der Waals surface area contributed by atoms with E-state index in [9.17, 15) is 9.59 Å². The molecule has 1 aromatic rings. The zero-order valence-corrected chi connectivity index (χ0v) is 16.7. The van der Waals surface area contributed by atoms with E-state index in [1.807, 2.05) is 6.08 Å². The minimum atomic E-state index is -0.687. The average Bonchev–Trinajstić information content (AvgIpc) is 2.69. The van der Waals surface area contributed by atoms with Gasteiger partial charge in [0.2, 0.25) is 0 Å². The molecule has 1 aromatic carbocycles. The van der Waals surface area contributed by atoms with Gasteiger partial charge in [-0.3, -0.25) is 4.79 Å². The lowest BCUT2D eigenvalue weighted by atomic mass is 10.1. The minimum absolute atomic E-state index is 0.324. The summed E-state index contributed by atoms with van der Waals surface area (Å²) >= 11 is 0. The quantitative estimate of drug-likeness (QED) is 0.292. The SMILES string of the molecule is C=CCCCCCCCCCOC(=O)C(C)NC(=O)c1cccc(OC)c1. The summed E-state index contributed by atoms with van der Waals surface area (Å²) in [6.07, 6.45) is 11.1. The smallest absolute Gasteiger partial charge is 0.328 e. The number of allylic oxidation sites excluding steroid dienone is 1. The van der Waals surface area contributed by atoms with Gasteiger partial charge in [-0.05, 0) is 44.4 Å². The third-order valence-corrected chi connectivity index (χ3v) is 4.33. The van der Waals surface area contributed by atoms with Crippen LogP contribution in [-0.2, 0) is 9.53 Å². The molecule has 0 aliphatic rings. The van der Waals surface area contributed by atoms with Crippen molar-refractivity contribution in [3.05, 3.63) is 42.5 Å². The first-order valence-corrected chi connectivity index (χ1v) is 9.81. The number of hydrogen-bond donors (Lipinski definition) is 1. The fraction of sp³-hybridized carbons (Fsp3) is 0.545. The zero-order valence-electron chi connectivity index (χ0n) is 16.7. The van der Waals surface area contributed by atoms with Gasteiger partial charge in [0.05, 0.1) is 13.7 Å². The molecule has 0 saturated heterocycles. The lowest BCUT2D eigenvalue weighted by Crippen LogP contribution is -2.39. The summed E-state index contributed by atoms with van der Waals surface area (Å²) in [5.41, 5.74) is 0.446. The van der Waals surface area contributed by atoms with Crippen molar-refractivity contribution >= 4 is 11.9 Å². The van der Waals surface area contributed by atoms with Crippen LogP contribution in [0.25, 0.3) is 0 Å². The molecular weight excluding hydrogens is 342 g/mol. The van der Waals surface area contributed by atoms with Gasteiger partial charge in [0.1, 0.15) is 11.8 Å². The van der Waals surface area contributed by atoms with Crippen LogP contribution in [0.2, 0.25) is 0 Å². The van der Waals surface area contributed by atoms with Crippen LogP contribution in [0.15, 0.2) is 36.9 Å². The second-order valence-electron chi connectivity index (χ2n) is 6.65. The highest BCUT2D eigenvalue weighted by Gasteiger charge is 2.18. The van der Waals surface area contributed by atoms with E-state index in [0.29, 0.717) is 17.9 Å². The first kappa shape index (κ1) is 22.7. The Kier molecular flexibility index (Phi) is 11.7. The van der Waals surface area contributed by atoms with E-state index in [-0.39, 0.29) is 5.91 Å². The molecule has 1 rings (SSSR count). The molecule has 1 unspecified atom stereocenters. The number of rotatable bonds is 14. The first-order chi connectivity index (χ1) is 13.1. The van der Waals surface area contributed by atoms with Gasteiger partial charge in [0, 0.05) is 5.56 Å². The highest BCUT2D eigenvalue weighted by atomic mass is 16.5. The maximum absolute atomic E-state index is 12.2. The van der Waals surface area contributed by atoms with Gasteiger partial charge in [-0.1, -0.05) is 44.2 Å². The van der Waals surface area contributed by atoms with Crippen LogP contribution in [-0.4, -0.2) is 31.6 Å². The number of carbonyl (C=O) groups is 2. The van der Waals surface area contributed by atoms with Crippen LogP contribution in [0.5, 0.6) is 5.75 Å². The van der Waals surface area contributed by atoms with Crippen molar-refractivity contribution in [3.63, 3.8) is 0 Å². The van der Waals surface area contributed by atoms with E-state index in [0.717, 1.165) is 25.7 Å². The molecule has 1 amide bonds. The zero-order chi connectivity index (χ0) is 19.9. The summed E-state index contributed by atoms with van der Waals surface area (Å²) in [6.45, 7) is 5.75. The molecule has 0 aliphatic heterocycles. The minimum Gasteiger partial charge on any atom is -0.497 e. The largest absolute Gasteiger partial charge is 0.497 e. The normalized spacial score (nSPS) is 11.5. The molecule has 1 atom stereocenters. The number of unbranched alkanes of at least 4 members (excludes halogenated alkanes) is 7. The van der Waals surface area contributed by atoms with Crippen molar-refractivity contribution in [2.75, 3.05) is 13.7 Å². The lowest BCUT2D eigenvalue weighted by molar-refractivity contribution is -0.145. The van der Waals surface area contributed by atoms with Gasteiger partial charge in [0.25, 0.3) is 5.91 Å². The van der Waals surface area contributed by atoms with Crippen LogP contribution in [0, 0.1) is 0 Å². The molecule has 0 fully saturated rings. The average molecular weight is 376 g/mol. The topological polar surface area (TPSA) is 64.6 Å². The van der Waals surface area contributed by atoms with Crippen LogP contribution < -0.4 is 10.1 Å². The maximum atomic E-state index is 12.2. The Balaban J connectivity index is 2.15. The standard InChI is InChI=1S/C22H33NO4/c1-4-5-6-7-8-9-10-11-12-16-27-22(25)18(2)23-21(24)19-14-13-15-20(17-19)26-3/h4,13-15,17-18H,1,5-12,16H2,2-3H3,(H,23,24). The first-order valence-electron chi connectivity index (χ1n) is 9.81. The van der Waals surface area contributed by atoms with Crippen LogP contribution in [0.1, 0.15) is 68.6 Å². The molecule has 5 heteroatoms. The third-order valence-electron chi connectivity index (χ3n) is 4.33.